The highest BCUT2D eigenvalue weighted by Crippen LogP contribution is 2.16. The predicted molar refractivity (Wildman–Crippen MR) is 81.6 cm³/mol. The minimum absolute atomic E-state index is 0.0619. The SMILES string of the molecule is CNC(=O)[C@H](Cc1cnc[nH]1)NS(=O)(=O)c1ccc(C)cc1F. The summed E-state index contributed by atoms with van der Waals surface area (Å²) in [5.74, 6) is -1.40. The highest BCUT2D eigenvalue weighted by Gasteiger charge is 2.27. The number of imidazole rings is 1. The van der Waals surface area contributed by atoms with Crippen molar-refractivity contribution in [2.24, 2.45) is 0 Å². The quantitative estimate of drug-likeness (QED) is 0.712. The summed E-state index contributed by atoms with van der Waals surface area (Å²) in [4.78, 5) is 18.0. The van der Waals surface area contributed by atoms with Crippen molar-refractivity contribution in [3.8, 4) is 0 Å². The maximum atomic E-state index is 13.9. The topological polar surface area (TPSA) is 104 Å². The molecule has 1 heterocycles. The Kier molecular flexibility index (Phi) is 5.12. The summed E-state index contributed by atoms with van der Waals surface area (Å²) < 4.78 is 40.9. The zero-order chi connectivity index (χ0) is 17.0. The van der Waals surface area contributed by atoms with E-state index in [0.29, 0.717) is 11.3 Å². The van der Waals surface area contributed by atoms with Crippen LogP contribution in [0.4, 0.5) is 4.39 Å². The highest BCUT2D eigenvalue weighted by atomic mass is 32.2. The molecule has 1 aromatic carbocycles. The first-order valence-corrected chi connectivity index (χ1v) is 8.29. The Hall–Kier alpha value is -2.26. The Labute approximate surface area is 133 Å². The van der Waals surface area contributed by atoms with E-state index >= 15 is 0 Å². The van der Waals surface area contributed by atoms with E-state index in [1.165, 1.54) is 31.7 Å². The molecule has 0 unspecified atom stereocenters. The summed E-state index contributed by atoms with van der Waals surface area (Å²) in [5.41, 5.74) is 1.17. The summed E-state index contributed by atoms with van der Waals surface area (Å²) in [6.45, 7) is 1.65. The third kappa shape index (κ3) is 4.14. The number of nitrogens with zero attached hydrogens (tertiary/aromatic N) is 1. The first kappa shape index (κ1) is 17.1. The van der Waals surface area contributed by atoms with Gasteiger partial charge in [-0.3, -0.25) is 4.79 Å². The molecule has 0 bridgehead atoms. The number of aromatic nitrogens is 2. The first-order chi connectivity index (χ1) is 10.8. The van der Waals surface area contributed by atoms with Crippen LogP contribution >= 0.6 is 0 Å². The molecular formula is C14H17FN4O3S. The van der Waals surface area contributed by atoms with Gasteiger partial charge in [0.25, 0.3) is 0 Å². The molecule has 1 amide bonds. The van der Waals surface area contributed by atoms with E-state index in [-0.39, 0.29) is 6.42 Å². The van der Waals surface area contributed by atoms with Crippen LogP contribution < -0.4 is 10.0 Å². The number of H-pyrrole nitrogens is 1. The molecule has 124 valence electrons. The van der Waals surface area contributed by atoms with Crippen LogP contribution in [0.2, 0.25) is 0 Å². The minimum Gasteiger partial charge on any atom is -0.358 e. The van der Waals surface area contributed by atoms with Crippen molar-refractivity contribution in [1.29, 1.82) is 0 Å². The molecule has 3 N–H and O–H groups in total. The fourth-order valence-electron chi connectivity index (χ4n) is 2.05. The average Bonchev–Trinajstić information content (AvgIpc) is 2.98. The second-order valence-electron chi connectivity index (χ2n) is 5.00. The number of halogens is 1. The fourth-order valence-corrected chi connectivity index (χ4v) is 3.31. The lowest BCUT2D eigenvalue weighted by atomic mass is 10.2. The molecule has 9 heteroatoms. The Morgan fingerprint density at radius 1 is 1.43 bits per heavy atom. The lowest BCUT2D eigenvalue weighted by molar-refractivity contribution is -0.122. The van der Waals surface area contributed by atoms with E-state index < -0.39 is 32.7 Å². The number of hydrogen-bond donors (Lipinski definition) is 3. The van der Waals surface area contributed by atoms with Crippen molar-refractivity contribution >= 4 is 15.9 Å². The molecule has 0 radical (unpaired) electrons. The van der Waals surface area contributed by atoms with Crippen LogP contribution in [-0.4, -0.2) is 37.4 Å². The van der Waals surface area contributed by atoms with Crippen molar-refractivity contribution in [2.75, 3.05) is 7.05 Å². The minimum atomic E-state index is -4.19. The largest absolute Gasteiger partial charge is 0.358 e. The van der Waals surface area contributed by atoms with Gasteiger partial charge in [0.1, 0.15) is 16.8 Å². The summed E-state index contributed by atoms with van der Waals surface area (Å²) in [5, 5.41) is 2.38. The number of carbonyl (C=O) groups is 1. The Morgan fingerprint density at radius 2 is 2.17 bits per heavy atom. The molecule has 2 rings (SSSR count). The van der Waals surface area contributed by atoms with E-state index in [2.05, 4.69) is 20.0 Å². The molecule has 2 aromatic rings. The van der Waals surface area contributed by atoms with Crippen LogP contribution in [0, 0.1) is 12.7 Å². The van der Waals surface area contributed by atoms with Gasteiger partial charge in [-0.05, 0) is 24.6 Å². The maximum absolute atomic E-state index is 13.9. The third-order valence-electron chi connectivity index (χ3n) is 3.22. The number of nitrogens with one attached hydrogen (secondary N) is 3. The van der Waals surface area contributed by atoms with Gasteiger partial charge in [-0.15, -0.1) is 0 Å². The maximum Gasteiger partial charge on any atom is 0.244 e. The molecule has 0 aliphatic carbocycles. The Bertz CT molecular complexity index is 790. The summed E-state index contributed by atoms with van der Waals surface area (Å²) >= 11 is 0. The number of aromatic amines is 1. The van der Waals surface area contributed by atoms with Crippen LogP contribution in [0.3, 0.4) is 0 Å². The molecular weight excluding hydrogens is 323 g/mol. The van der Waals surface area contributed by atoms with Gasteiger partial charge in [0, 0.05) is 25.4 Å². The summed E-state index contributed by atoms with van der Waals surface area (Å²) in [6, 6.07) is 2.69. The van der Waals surface area contributed by atoms with Crippen LogP contribution in [-0.2, 0) is 21.2 Å². The molecule has 0 aliphatic heterocycles. The van der Waals surface area contributed by atoms with E-state index in [4.69, 9.17) is 0 Å². The van der Waals surface area contributed by atoms with Crippen LogP contribution in [0.25, 0.3) is 0 Å². The standard InChI is InChI=1S/C14H17FN4O3S/c1-9-3-4-13(11(15)5-9)23(21,22)19-12(14(20)16-2)6-10-7-17-8-18-10/h3-5,7-8,12,19H,6H2,1-2H3,(H,16,20)(H,17,18)/t12-/m0/s1. The molecule has 0 fully saturated rings. The monoisotopic (exact) mass is 340 g/mol. The first-order valence-electron chi connectivity index (χ1n) is 6.81. The fraction of sp³-hybridized carbons (Fsp3) is 0.286. The number of benzene rings is 1. The van der Waals surface area contributed by atoms with E-state index in [1.54, 1.807) is 6.92 Å². The normalized spacial score (nSPS) is 12.8. The molecule has 1 aromatic heterocycles. The van der Waals surface area contributed by atoms with E-state index in [9.17, 15) is 17.6 Å². The van der Waals surface area contributed by atoms with Crippen LogP contribution in [0.15, 0.2) is 35.6 Å². The lowest BCUT2D eigenvalue weighted by Gasteiger charge is -2.17. The lowest BCUT2D eigenvalue weighted by Crippen LogP contribution is -2.47. The number of carbonyl (C=O) groups excluding carboxylic acids is 1. The van der Waals surface area contributed by atoms with Gasteiger partial charge in [0.2, 0.25) is 15.9 Å². The zero-order valence-corrected chi connectivity index (χ0v) is 13.4. The Morgan fingerprint density at radius 3 is 2.74 bits per heavy atom. The van der Waals surface area contributed by atoms with E-state index in [0.717, 1.165) is 6.07 Å². The van der Waals surface area contributed by atoms with E-state index in [1.807, 2.05) is 0 Å². The zero-order valence-electron chi connectivity index (χ0n) is 12.6. The van der Waals surface area contributed by atoms with Gasteiger partial charge < -0.3 is 10.3 Å². The van der Waals surface area contributed by atoms with Gasteiger partial charge in [0.15, 0.2) is 0 Å². The highest BCUT2D eigenvalue weighted by molar-refractivity contribution is 7.89. The van der Waals surface area contributed by atoms with Gasteiger partial charge in [0.05, 0.1) is 6.33 Å². The van der Waals surface area contributed by atoms with Gasteiger partial charge >= 0.3 is 0 Å². The Balaban J connectivity index is 2.28. The number of sulfonamides is 1. The van der Waals surface area contributed by atoms with Crippen molar-refractivity contribution in [2.45, 2.75) is 24.3 Å². The van der Waals surface area contributed by atoms with Crippen molar-refractivity contribution < 1.29 is 17.6 Å². The molecule has 0 aliphatic rings. The van der Waals surface area contributed by atoms with Crippen LogP contribution in [0.5, 0.6) is 0 Å². The predicted octanol–water partition coefficient (Wildman–Crippen LogP) is 0.493. The van der Waals surface area contributed by atoms with Gasteiger partial charge in [-0.1, -0.05) is 6.07 Å². The number of aryl methyl sites for hydroxylation is 1. The average molecular weight is 340 g/mol. The van der Waals surface area contributed by atoms with Gasteiger partial charge in [-0.2, -0.15) is 4.72 Å². The van der Waals surface area contributed by atoms with Crippen molar-refractivity contribution in [1.82, 2.24) is 20.0 Å². The molecule has 0 spiro atoms. The number of rotatable bonds is 6. The second-order valence-corrected chi connectivity index (χ2v) is 6.69. The van der Waals surface area contributed by atoms with Crippen molar-refractivity contribution in [3.05, 3.63) is 47.8 Å². The molecule has 23 heavy (non-hydrogen) atoms. The molecule has 0 saturated heterocycles. The summed E-state index contributed by atoms with van der Waals surface area (Å²) in [7, 11) is -2.79. The molecule has 1 atom stereocenters. The molecule has 7 nitrogen and oxygen atoms in total. The van der Waals surface area contributed by atoms with Crippen molar-refractivity contribution in [3.63, 3.8) is 0 Å². The summed E-state index contributed by atoms with van der Waals surface area (Å²) in [6.07, 6.45) is 2.97. The number of likely N-dealkylation sites (N-methyl/N-ethyl adjacent to an activating group) is 1. The smallest absolute Gasteiger partial charge is 0.244 e. The number of amides is 1. The third-order valence-corrected chi connectivity index (χ3v) is 4.72. The molecule has 0 saturated carbocycles. The second kappa shape index (κ2) is 6.88. The van der Waals surface area contributed by atoms with Crippen LogP contribution in [0.1, 0.15) is 11.3 Å². The van der Waals surface area contributed by atoms with Gasteiger partial charge in [-0.25, -0.2) is 17.8 Å². The number of hydrogen-bond acceptors (Lipinski definition) is 4.